The summed E-state index contributed by atoms with van der Waals surface area (Å²) >= 11 is 0. The monoisotopic (exact) mass is 347 g/mol. The maximum absolute atomic E-state index is 12.9. The Morgan fingerprint density at radius 3 is 2.76 bits per heavy atom. The smallest absolute Gasteiger partial charge is 0.416 e. The molecule has 1 aliphatic rings. The number of pyridine rings is 1. The number of ether oxygens (including phenoxy) is 1. The van der Waals surface area contributed by atoms with Crippen LogP contribution in [0.3, 0.4) is 0 Å². The summed E-state index contributed by atoms with van der Waals surface area (Å²) in [6, 6.07) is 7.15. The van der Waals surface area contributed by atoms with Gasteiger partial charge in [0.2, 0.25) is 5.82 Å². The number of aryl methyl sites for hydroxylation is 1. The largest absolute Gasteiger partial charge is 0.483 e. The Balaban J connectivity index is 1.66. The predicted molar refractivity (Wildman–Crippen MR) is 80.7 cm³/mol. The summed E-state index contributed by atoms with van der Waals surface area (Å²) in [7, 11) is 0. The number of nitrogens with zero attached hydrogens (tertiary/aromatic N) is 4. The number of aromatic nitrogens is 5. The second-order valence-electron chi connectivity index (χ2n) is 5.82. The number of H-pyrrole nitrogens is 1. The van der Waals surface area contributed by atoms with Gasteiger partial charge in [-0.25, -0.2) is 4.98 Å². The molecule has 128 valence electrons. The lowest BCUT2D eigenvalue weighted by molar-refractivity contribution is -0.137. The van der Waals surface area contributed by atoms with Crippen molar-refractivity contribution in [3.8, 4) is 17.3 Å². The Morgan fingerprint density at radius 2 is 2.04 bits per heavy atom. The molecule has 0 radical (unpaired) electrons. The Labute approximate surface area is 140 Å². The highest BCUT2D eigenvalue weighted by Gasteiger charge is 2.34. The Bertz CT molecular complexity index is 924. The molecule has 1 N–H and O–H groups in total. The number of benzene rings is 1. The Kier molecular flexibility index (Phi) is 3.45. The van der Waals surface area contributed by atoms with Gasteiger partial charge in [0, 0.05) is 6.42 Å². The van der Waals surface area contributed by atoms with E-state index in [2.05, 4.69) is 25.6 Å². The zero-order valence-electron chi connectivity index (χ0n) is 13.0. The predicted octanol–water partition coefficient (Wildman–Crippen LogP) is 3.27. The van der Waals surface area contributed by atoms with E-state index in [0.717, 1.165) is 17.7 Å². The van der Waals surface area contributed by atoms with Crippen LogP contribution in [0.15, 0.2) is 30.3 Å². The van der Waals surface area contributed by atoms with E-state index < -0.39 is 17.8 Å². The van der Waals surface area contributed by atoms with E-state index in [0.29, 0.717) is 34.9 Å². The van der Waals surface area contributed by atoms with Crippen LogP contribution in [0.25, 0.3) is 11.5 Å². The number of tetrazole rings is 1. The molecule has 0 aliphatic carbocycles. The number of rotatable bonds is 2. The second kappa shape index (κ2) is 5.54. The molecule has 4 rings (SSSR count). The zero-order chi connectivity index (χ0) is 17.6. The number of aromatic amines is 1. The van der Waals surface area contributed by atoms with Gasteiger partial charge in [0.1, 0.15) is 17.5 Å². The van der Waals surface area contributed by atoms with Gasteiger partial charge in [-0.1, -0.05) is 0 Å². The fraction of sp³-hybridized carbons (Fsp3) is 0.250. The van der Waals surface area contributed by atoms with Crippen molar-refractivity contribution >= 4 is 0 Å². The average Bonchev–Trinajstić information content (AvgIpc) is 3.22. The number of hydrogen-bond donors (Lipinski definition) is 1. The van der Waals surface area contributed by atoms with Crippen molar-refractivity contribution in [2.75, 3.05) is 0 Å². The summed E-state index contributed by atoms with van der Waals surface area (Å²) in [6.45, 7) is 1.89. The highest BCUT2D eigenvalue weighted by Crippen LogP contribution is 2.40. The van der Waals surface area contributed by atoms with Gasteiger partial charge < -0.3 is 4.74 Å². The first kappa shape index (κ1) is 15.6. The summed E-state index contributed by atoms with van der Waals surface area (Å²) in [6.07, 6.45) is -4.51. The zero-order valence-corrected chi connectivity index (χ0v) is 13.0. The summed E-state index contributed by atoms with van der Waals surface area (Å²) in [5.41, 5.74) is 1.90. The van der Waals surface area contributed by atoms with Gasteiger partial charge in [-0.15, -0.1) is 10.2 Å². The molecule has 9 heteroatoms. The van der Waals surface area contributed by atoms with E-state index in [4.69, 9.17) is 4.74 Å². The molecule has 0 fully saturated rings. The minimum absolute atomic E-state index is 0.321. The molecular weight excluding hydrogens is 335 g/mol. The summed E-state index contributed by atoms with van der Waals surface area (Å²) in [4.78, 5) is 4.48. The van der Waals surface area contributed by atoms with E-state index in [9.17, 15) is 13.2 Å². The van der Waals surface area contributed by atoms with E-state index >= 15 is 0 Å². The van der Waals surface area contributed by atoms with Crippen molar-refractivity contribution < 1.29 is 17.9 Å². The van der Waals surface area contributed by atoms with Crippen molar-refractivity contribution in [3.05, 3.63) is 52.7 Å². The van der Waals surface area contributed by atoms with E-state index in [1.165, 1.54) is 6.07 Å². The fourth-order valence-electron chi connectivity index (χ4n) is 2.83. The highest BCUT2D eigenvalue weighted by molar-refractivity contribution is 5.50. The van der Waals surface area contributed by atoms with Crippen LogP contribution in [0, 0.1) is 6.92 Å². The molecule has 25 heavy (non-hydrogen) atoms. The van der Waals surface area contributed by atoms with Crippen LogP contribution in [0.1, 0.15) is 28.5 Å². The third-order valence-electron chi connectivity index (χ3n) is 3.96. The lowest BCUT2D eigenvalue weighted by atomic mass is 10.0. The normalized spacial score (nSPS) is 16.6. The lowest BCUT2D eigenvalue weighted by Crippen LogP contribution is -2.07. The average molecular weight is 347 g/mol. The standard InChI is InChI=1S/C16H12F3N5O/c1-8-4-11(20-12(5-8)15-21-23-24-22-15)14-7-9-6-10(16(17,18)19)2-3-13(9)25-14/h2-6,14H,7H2,1H3,(H,21,22,23,24). The van der Waals surface area contributed by atoms with Crippen LogP contribution in [-0.4, -0.2) is 25.6 Å². The first-order valence-electron chi connectivity index (χ1n) is 7.49. The summed E-state index contributed by atoms with van der Waals surface area (Å²) in [5.74, 6) is 0.794. The van der Waals surface area contributed by atoms with Crippen LogP contribution in [0.2, 0.25) is 0 Å². The summed E-state index contributed by atoms with van der Waals surface area (Å²) < 4.78 is 44.4. The molecule has 0 bridgehead atoms. The Morgan fingerprint density at radius 1 is 1.20 bits per heavy atom. The minimum Gasteiger partial charge on any atom is -0.483 e. The van der Waals surface area contributed by atoms with Gasteiger partial charge in [0.25, 0.3) is 0 Å². The number of nitrogens with one attached hydrogen (secondary N) is 1. The van der Waals surface area contributed by atoms with Crippen molar-refractivity contribution in [1.29, 1.82) is 0 Å². The van der Waals surface area contributed by atoms with Gasteiger partial charge in [-0.3, -0.25) is 0 Å². The third-order valence-corrected chi connectivity index (χ3v) is 3.96. The SMILES string of the molecule is Cc1cc(-c2nn[nH]n2)nc(C2Cc3cc(C(F)(F)F)ccc3O2)c1. The summed E-state index contributed by atoms with van der Waals surface area (Å²) in [5, 5.41) is 13.7. The van der Waals surface area contributed by atoms with Crippen LogP contribution < -0.4 is 4.74 Å². The maximum atomic E-state index is 12.9. The lowest BCUT2D eigenvalue weighted by Gasteiger charge is -2.12. The highest BCUT2D eigenvalue weighted by atomic mass is 19.4. The van der Waals surface area contributed by atoms with Crippen LogP contribution in [0.5, 0.6) is 5.75 Å². The van der Waals surface area contributed by atoms with Crippen LogP contribution >= 0.6 is 0 Å². The molecule has 6 nitrogen and oxygen atoms in total. The molecular formula is C16H12F3N5O. The number of halogens is 3. The molecule has 0 saturated heterocycles. The van der Waals surface area contributed by atoms with Gasteiger partial charge in [-0.05, 0) is 53.6 Å². The third kappa shape index (κ3) is 2.92. The number of alkyl halides is 3. The van der Waals surface area contributed by atoms with Crippen LogP contribution in [-0.2, 0) is 12.6 Å². The molecule has 0 amide bonds. The molecule has 0 spiro atoms. The van der Waals surface area contributed by atoms with Crippen LogP contribution in [0.4, 0.5) is 13.2 Å². The molecule has 1 atom stereocenters. The molecule has 0 saturated carbocycles. The number of hydrogen-bond acceptors (Lipinski definition) is 5. The van der Waals surface area contributed by atoms with E-state index in [1.807, 2.05) is 13.0 Å². The number of fused-ring (bicyclic) bond motifs is 1. The van der Waals surface area contributed by atoms with Gasteiger partial charge in [0.15, 0.2) is 0 Å². The quantitative estimate of drug-likeness (QED) is 0.770. The van der Waals surface area contributed by atoms with E-state index in [1.54, 1.807) is 6.07 Å². The molecule has 1 aromatic carbocycles. The van der Waals surface area contributed by atoms with Gasteiger partial charge in [0.05, 0.1) is 11.3 Å². The van der Waals surface area contributed by atoms with Crippen molar-refractivity contribution in [3.63, 3.8) is 0 Å². The molecule has 3 heterocycles. The Hall–Kier alpha value is -2.97. The molecule has 2 aromatic heterocycles. The fourth-order valence-corrected chi connectivity index (χ4v) is 2.83. The first-order valence-corrected chi connectivity index (χ1v) is 7.49. The van der Waals surface area contributed by atoms with Gasteiger partial charge >= 0.3 is 6.18 Å². The van der Waals surface area contributed by atoms with Gasteiger partial charge in [-0.2, -0.15) is 18.4 Å². The minimum atomic E-state index is -4.37. The van der Waals surface area contributed by atoms with Crippen molar-refractivity contribution in [1.82, 2.24) is 25.6 Å². The topological polar surface area (TPSA) is 76.6 Å². The molecule has 3 aromatic rings. The van der Waals surface area contributed by atoms with Crippen molar-refractivity contribution in [2.45, 2.75) is 25.6 Å². The molecule has 1 unspecified atom stereocenters. The van der Waals surface area contributed by atoms with E-state index in [-0.39, 0.29) is 0 Å². The maximum Gasteiger partial charge on any atom is 0.416 e. The first-order chi connectivity index (χ1) is 11.9. The van der Waals surface area contributed by atoms with Crippen molar-refractivity contribution in [2.24, 2.45) is 0 Å². The second-order valence-corrected chi connectivity index (χ2v) is 5.82. The molecule has 1 aliphatic heterocycles.